The molecule has 2 aromatic rings. The third-order valence-electron chi connectivity index (χ3n) is 2.99. The minimum Gasteiger partial charge on any atom is -0.497 e. The number of thiophene rings is 1. The van der Waals surface area contributed by atoms with Gasteiger partial charge in [-0.05, 0) is 52.1 Å². The molecule has 0 saturated carbocycles. The maximum Gasteiger partial charge on any atom is 0.124 e. The minimum absolute atomic E-state index is 0.0608. The molecule has 1 unspecified atom stereocenters. The lowest BCUT2D eigenvalue weighted by Crippen LogP contribution is -2.18. The molecule has 0 spiro atoms. The summed E-state index contributed by atoms with van der Waals surface area (Å²) in [5.41, 5.74) is 2.25. The molecule has 1 heterocycles. The molecule has 0 aliphatic heterocycles. The fourth-order valence-corrected chi connectivity index (χ4v) is 3.59. The molecule has 0 aliphatic carbocycles. The fourth-order valence-electron chi connectivity index (χ4n) is 2.04. The lowest BCUT2D eigenvalue weighted by atomic mass is 10.00. The van der Waals surface area contributed by atoms with Gasteiger partial charge in [-0.2, -0.15) is 11.3 Å². The predicted molar refractivity (Wildman–Crippen MR) is 82.5 cm³/mol. The van der Waals surface area contributed by atoms with Crippen molar-refractivity contribution in [3.63, 3.8) is 0 Å². The smallest absolute Gasteiger partial charge is 0.124 e. The number of hydrogen-bond donors (Lipinski definition) is 1. The van der Waals surface area contributed by atoms with E-state index in [1.165, 1.54) is 5.56 Å². The number of nitrogens with one attached hydrogen (secondary N) is 1. The van der Waals surface area contributed by atoms with Gasteiger partial charge >= 0.3 is 0 Å². The van der Waals surface area contributed by atoms with Crippen LogP contribution in [0.2, 0.25) is 0 Å². The van der Waals surface area contributed by atoms with Crippen LogP contribution < -0.4 is 14.8 Å². The van der Waals surface area contributed by atoms with Gasteiger partial charge in [0.25, 0.3) is 0 Å². The summed E-state index contributed by atoms with van der Waals surface area (Å²) in [7, 11) is 5.29. The van der Waals surface area contributed by atoms with Gasteiger partial charge in [0.1, 0.15) is 11.5 Å². The van der Waals surface area contributed by atoms with Crippen molar-refractivity contribution in [1.82, 2.24) is 5.32 Å². The molecule has 1 atom stereocenters. The van der Waals surface area contributed by atoms with E-state index in [1.54, 1.807) is 25.6 Å². The Hall–Kier alpha value is -1.04. The van der Waals surface area contributed by atoms with Crippen LogP contribution in [0.25, 0.3) is 0 Å². The number of ether oxygens (including phenoxy) is 2. The predicted octanol–water partition coefficient (Wildman–Crippen LogP) is 3.84. The number of hydrogen-bond acceptors (Lipinski definition) is 4. The van der Waals surface area contributed by atoms with E-state index in [2.05, 4.69) is 32.0 Å². The second-order valence-corrected chi connectivity index (χ2v) is 5.60. The second kappa shape index (κ2) is 6.41. The van der Waals surface area contributed by atoms with Gasteiger partial charge < -0.3 is 14.8 Å². The van der Waals surface area contributed by atoms with Gasteiger partial charge in [0, 0.05) is 15.4 Å². The van der Waals surface area contributed by atoms with Crippen molar-refractivity contribution in [2.24, 2.45) is 0 Å². The van der Waals surface area contributed by atoms with Gasteiger partial charge in [0.05, 0.1) is 20.3 Å². The average Bonchev–Trinajstić information content (AvgIpc) is 2.86. The number of methoxy groups -OCH3 is 2. The summed E-state index contributed by atoms with van der Waals surface area (Å²) >= 11 is 5.25. The Bertz CT molecular complexity index is 556. The molecule has 0 aliphatic rings. The van der Waals surface area contributed by atoms with Crippen LogP contribution in [0.4, 0.5) is 0 Å². The van der Waals surface area contributed by atoms with Gasteiger partial charge in [-0.1, -0.05) is 0 Å². The molecule has 3 nitrogen and oxygen atoms in total. The van der Waals surface area contributed by atoms with Crippen molar-refractivity contribution in [2.45, 2.75) is 6.04 Å². The topological polar surface area (TPSA) is 30.5 Å². The molecular formula is C14H16BrNO2S. The highest BCUT2D eigenvalue weighted by Gasteiger charge is 2.20. The van der Waals surface area contributed by atoms with E-state index >= 15 is 0 Å². The first kappa shape index (κ1) is 14.4. The normalized spacial score (nSPS) is 12.2. The Balaban J connectivity index is 2.51. The van der Waals surface area contributed by atoms with Crippen molar-refractivity contribution < 1.29 is 9.47 Å². The molecule has 102 valence electrons. The van der Waals surface area contributed by atoms with Crippen LogP contribution in [0.3, 0.4) is 0 Å². The summed E-state index contributed by atoms with van der Waals surface area (Å²) in [6.45, 7) is 0. The summed E-state index contributed by atoms with van der Waals surface area (Å²) in [5.74, 6) is 1.67. The van der Waals surface area contributed by atoms with Crippen molar-refractivity contribution >= 4 is 27.3 Å². The molecule has 0 amide bonds. The molecule has 2 rings (SSSR count). The minimum atomic E-state index is 0.0608. The van der Waals surface area contributed by atoms with Crippen LogP contribution in [0, 0.1) is 0 Å². The SMILES string of the molecule is CNC(c1cscc1Br)c1cc(OC)ccc1OC. The zero-order chi connectivity index (χ0) is 13.8. The molecule has 1 aromatic carbocycles. The van der Waals surface area contributed by atoms with Crippen molar-refractivity contribution in [1.29, 1.82) is 0 Å². The van der Waals surface area contributed by atoms with E-state index in [1.807, 2.05) is 25.2 Å². The summed E-state index contributed by atoms with van der Waals surface area (Å²) in [4.78, 5) is 0. The highest BCUT2D eigenvalue weighted by Crippen LogP contribution is 2.37. The van der Waals surface area contributed by atoms with E-state index < -0.39 is 0 Å². The second-order valence-electron chi connectivity index (χ2n) is 4.00. The first-order chi connectivity index (χ1) is 9.21. The Morgan fingerprint density at radius 1 is 1.16 bits per heavy atom. The third-order valence-corrected chi connectivity index (χ3v) is 4.74. The Kier molecular flexibility index (Phi) is 4.85. The summed E-state index contributed by atoms with van der Waals surface area (Å²) in [5, 5.41) is 7.53. The zero-order valence-corrected chi connectivity index (χ0v) is 13.5. The molecule has 0 fully saturated rings. The van der Waals surface area contributed by atoms with Crippen molar-refractivity contribution in [3.05, 3.63) is 44.6 Å². The molecular weight excluding hydrogens is 326 g/mol. The van der Waals surface area contributed by atoms with E-state index in [0.29, 0.717) is 0 Å². The maximum absolute atomic E-state index is 5.46. The Labute approximate surface area is 125 Å². The zero-order valence-electron chi connectivity index (χ0n) is 11.1. The monoisotopic (exact) mass is 341 g/mol. The summed E-state index contributed by atoms with van der Waals surface area (Å²) < 4.78 is 11.9. The average molecular weight is 342 g/mol. The molecule has 0 bridgehead atoms. The standard InChI is InChI=1S/C14H16BrNO2S/c1-16-14(11-7-19-8-12(11)15)10-6-9(17-2)4-5-13(10)18-3/h4-8,14,16H,1-3H3. The van der Waals surface area contributed by atoms with Crippen LogP contribution in [-0.4, -0.2) is 21.3 Å². The van der Waals surface area contributed by atoms with Gasteiger partial charge in [-0.25, -0.2) is 0 Å². The molecule has 0 saturated heterocycles. The molecule has 1 N–H and O–H groups in total. The van der Waals surface area contributed by atoms with Crippen LogP contribution in [0.1, 0.15) is 17.2 Å². The lowest BCUT2D eigenvalue weighted by molar-refractivity contribution is 0.395. The first-order valence-corrected chi connectivity index (χ1v) is 7.55. The quantitative estimate of drug-likeness (QED) is 0.896. The largest absolute Gasteiger partial charge is 0.497 e. The third kappa shape index (κ3) is 2.94. The van der Waals surface area contributed by atoms with E-state index in [9.17, 15) is 0 Å². The Morgan fingerprint density at radius 2 is 1.95 bits per heavy atom. The highest BCUT2D eigenvalue weighted by molar-refractivity contribution is 9.10. The van der Waals surface area contributed by atoms with Gasteiger partial charge in [0.2, 0.25) is 0 Å². The van der Waals surface area contributed by atoms with Crippen LogP contribution in [0.5, 0.6) is 11.5 Å². The molecule has 1 aromatic heterocycles. The Morgan fingerprint density at radius 3 is 2.47 bits per heavy atom. The van der Waals surface area contributed by atoms with Gasteiger partial charge in [0.15, 0.2) is 0 Å². The summed E-state index contributed by atoms with van der Waals surface area (Å²) in [6.07, 6.45) is 0. The van der Waals surface area contributed by atoms with Gasteiger partial charge in [-0.3, -0.25) is 0 Å². The van der Waals surface area contributed by atoms with Crippen molar-refractivity contribution in [3.8, 4) is 11.5 Å². The van der Waals surface area contributed by atoms with E-state index in [-0.39, 0.29) is 6.04 Å². The number of benzene rings is 1. The van der Waals surface area contributed by atoms with E-state index in [0.717, 1.165) is 21.5 Å². The molecule has 19 heavy (non-hydrogen) atoms. The van der Waals surface area contributed by atoms with Crippen LogP contribution in [0.15, 0.2) is 33.4 Å². The maximum atomic E-state index is 5.46. The fraction of sp³-hybridized carbons (Fsp3) is 0.286. The highest BCUT2D eigenvalue weighted by atomic mass is 79.9. The first-order valence-electron chi connectivity index (χ1n) is 5.82. The van der Waals surface area contributed by atoms with Crippen molar-refractivity contribution in [2.75, 3.05) is 21.3 Å². The van der Waals surface area contributed by atoms with Crippen LogP contribution in [-0.2, 0) is 0 Å². The molecule has 5 heteroatoms. The van der Waals surface area contributed by atoms with Gasteiger partial charge in [-0.15, -0.1) is 0 Å². The number of rotatable bonds is 5. The number of halogens is 1. The van der Waals surface area contributed by atoms with E-state index in [4.69, 9.17) is 9.47 Å². The summed E-state index contributed by atoms with van der Waals surface area (Å²) in [6, 6.07) is 5.89. The van der Waals surface area contributed by atoms with Crippen LogP contribution >= 0.6 is 27.3 Å². The molecule has 0 radical (unpaired) electrons. The lowest BCUT2D eigenvalue weighted by Gasteiger charge is -2.20.